The molecular formula is C12H15BrN4O. The highest BCUT2D eigenvalue weighted by atomic mass is 79.9. The number of benzene rings is 1. The largest absolute Gasteiger partial charge is 0.481 e. The van der Waals surface area contributed by atoms with Crippen LogP contribution in [0.4, 0.5) is 11.4 Å². The van der Waals surface area contributed by atoms with Gasteiger partial charge in [-0.15, -0.1) is 0 Å². The monoisotopic (exact) mass is 310 g/mol. The quantitative estimate of drug-likeness (QED) is 0.851. The topological polar surface area (TPSA) is 65.1 Å². The number of ether oxygens (including phenoxy) is 1. The molecule has 5 nitrogen and oxygen atoms in total. The molecule has 0 aliphatic heterocycles. The lowest BCUT2D eigenvalue weighted by molar-refractivity contribution is 0.373. The molecule has 0 amide bonds. The zero-order chi connectivity index (χ0) is 13.1. The lowest BCUT2D eigenvalue weighted by Gasteiger charge is -2.08. The van der Waals surface area contributed by atoms with E-state index in [1.54, 1.807) is 11.8 Å². The van der Waals surface area contributed by atoms with Gasteiger partial charge in [-0.3, -0.25) is 0 Å². The Morgan fingerprint density at radius 3 is 2.89 bits per heavy atom. The highest BCUT2D eigenvalue weighted by Gasteiger charge is 2.06. The van der Waals surface area contributed by atoms with Crippen molar-refractivity contribution in [3.63, 3.8) is 0 Å². The van der Waals surface area contributed by atoms with Gasteiger partial charge in [0.2, 0.25) is 5.88 Å². The molecule has 0 aliphatic rings. The van der Waals surface area contributed by atoms with Gasteiger partial charge in [-0.2, -0.15) is 5.10 Å². The SMILES string of the molecule is COc1cc(CNc2cc(Br)ccc2N)nn1C. The molecule has 0 atom stereocenters. The molecule has 3 N–H and O–H groups in total. The van der Waals surface area contributed by atoms with E-state index in [-0.39, 0.29) is 0 Å². The number of aromatic nitrogens is 2. The number of aryl methyl sites for hydroxylation is 1. The second kappa shape index (κ2) is 5.30. The van der Waals surface area contributed by atoms with Crippen molar-refractivity contribution in [2.24, 2.45) is 7.05 Å². The summed E-state index contributed by atoms with van der Waals surface area (Å²) in [5.41, 5.74) is 8.37. The number of nitrogens with zero attached hydrogens (tertiary/aromatic N) is 2. The van der Waals surface area contributed by atoms with Crippen LogP contribution >= 0.6 is 15.9 Å². The molecule has 0 saturated heterocycles. The van der Waals surface area contributed by atoms with E-state index in [0.29, 0.717) is 12.2 Å². The van der Waals surface area contributed by atoms with Crippen LogP contribution in [0, 0.1) is 0 Å². The minimum atomic E-state index is 0.595. The van der Waals surface area contributed by atoms with E-state index >= 15 is 0 Å². The third-order valence-electron chi connectivity index (χ3n) is 2.57. The van der Waals surface area contributed by atoms with Gasteiger partial charge in [0.15, 0.2) is 0 Å². The number of hydrogen-bond acceptors (Lipinski definition) is 4. The van der Waals surface area contributed by atoms with Crippen LogP contribution in [0.15, 0.2) is 28.7 Å². The zero-order valence-corrected chi connectivity index (χ0v) is 11.9. The van der Waals surface area contributed by atoms with Crippen molar-refractivity contribution in [3.8, 4) is 5.88 Å². The van der Waals surface area contributed by atoms with Gasteiger partial charge in [0.1, 0.15) is 0 Å². The first-order valence-corrected chi connectivity index (χ1v) is 6.25. The molecule has 0 bridgehead atoms. The standard InChI is InChI=1S/C12H15BrN4O/c1-17-12(18-2)6-9(16-17)7-15-11-5-8(13)3-4-10(11)14/h3-6,15H,7,14H2,1-2H3. The fourth-order valence-corrected chi connectivity index (χ4v) is 2.01. The van der Waals surface area contributed by atoms with E-state index in [9.17, 15) is 0 Å². The van der Waals surface area contributed by atoms with Gasteiger partial charge >= 0.3 is 0 Å². The van der Waals surface area contributed by atoms with Crippen LogP contribution in [0.1, 0.15) is 5.69 Å². The normalized spacial score (nSPS) is 10.4. The van der Waals surface area contributed by atoms with Crippen LogP contribution in [-0.4, -0.2) is 16.9 Å². The Kier molecular flexibility index (Phi) is 3.76. The smallest absolute Gasteiger partial charge is 0.211 e. The van der Waals surface area contributed by atoms with Gasteiger partial charge in [0.05, 0.1) is 30.7 Å². The number of nitrogen functional groups attached to an aromatic ring is 1. The van der Waals surface area contributed by atoms with Crippen LogP contribution in [0.3, 0.4) is 0 Å². The molecule has 0 aliphatic carbocycles. The van der Waals surface area contributed by atoms with Gasteiger partial charge in [-0.1, -0.05) is 15.9 Å². The third-order valence-corrected chi connectivity index (χ3v) is 3.07. The van der Waals surface area contributed by atoms with E-state index < -0.39 is 0 Å². The van der Waals surface area contributed by atoms with Crippen molar-refractivity contribution >= 4 is 27.3 Å². The lowest BCUT2D eigenvalue weighted by Crippen LogP contribution is -2.03. The first kappa shape index (κ1) is 12.8. The molecule has 0 unspecified atom stereocenters. The van der Waals surface area contributed by atoms with E-state index in [4.69, 9.17) is 10.5 Å². The molecule has 0 fully saturated rings. The molecule has 2 rings (SSSR count). The molecule has 0 radical (unpaired) electrons. The molecular weight excluding hydrogens is 296 g/mol. The van der Waals surface area contributed by atoms with Crippen molar-refractivity contribution in [2.45, 2.75) is 6.54 Å². The Labute approximate surface area is 114 Å². The summed E-state index contributed by atoms with van der Waals surface area (Å²) in [5, 5.41) is 7.57. The van der Waals surface area contributed by atoms with Crippen molar-refractivity contribution in [3.05, 3.63) is 34.4 Å². The van der Waals surface area contributed by atoms with Gasteiger partial charge in [0.25, 0.3) is 0 Å². The summed E-state index contributed by atoms with van der Waals surface area (Å²) in [6.07, 6.45) is 0. The number of methoxy groups -OCH3 is 1. The molecule has 0 spiro atoms. The molecule has 1 aromatic heterocycles. The van der Waals surface area contributed by atoms with Crippen molar-refractivity contribution in [1.29, 1.82) is 0 Å². The van der Waals surface area contributed by atoms with Crippen LogP contribution in [0.5, 0.6) is 5.88 Å². The minimum Gasteiger partial charge on any atom is -0.481 e. The maximum atomic E-state index is 5.88. The maximum Gasteiger partial charge on any atom is 0.211 e. The Morgan fingerprint density at radius 2 is 2.22 bits per heavy atom. The van der Waals surface area contributed by atoms with Gasteiger partial charge < -0.3 is 15.8 Å². The van der Waals surface area contributed by atoms with Crippen LogP contribution < -0.4 is 15.8 Å². The highest BCUT2D eigenvalue weighted by Crippen LogP contribution is 2.24. The Hall–Kier alpha value is -1.69. The molecule has 0 saturated carbocycles. The van der Waals surface area contributed by atoms with Crippen LogP contribution in [0.2, 0.25) is 0 Å². The summed E-state index contributed by atoms with van der Waals surface area (Å²) >= 11 is 3.41. The van der Waals surface area contributed by atoms with Gasteiger partial charge in [-0.05, 0) is 18.2 Å². The average molecular weight is 311 g/mol. The average Bonchev–Trinajstić information content (AvgIpc) is 2.71. The summed E-state index contributed by atoms with van der Waals surface area (Å²) in [5.74, 6) is 0.731. The second-order valence-corrected chi connectivity index (χ2v) is 4.80. The van der Waals surface area contributed by atoms with Gasteiger partial charge in [0, 0.05) is 17.6 Å². The number of hydrogen-bond donors (Lipinski definition) is 2. The number of nitrogens with two attached hydrogens (primary N) is 1. The van der Waals surface area contributed by atoms with E-state index in [0.717, 1.165) is 21.7 Å². The fourth-order valence-electron chi connectivity index (χ4n) is 1.65. The predicted octanol–water partition coefficient (Wildman–Crippen LogP) is 2.39. The first-order valence-electron chi connectivity index (χ1n) is 5.46. The molecule has 96 valence electrons. The summed E-state index contributed by atoms with van der Waals surface area (Å²) in [7, 11) is 3.47. The number of anilines is 2. The lowest BCUT2D eigenvalue weighted by atomic mass is 10.2. The molecule has 18 heavy (non-hydrogen) atoms. The van der Waals surface area contributed by atoms with Crippen LogP contribution in [0.25, 0.3) is 0 Å². The Balaban J connectivity index is 2.08. The molecule has 1 aromatic carbocycles. The van der Waals surface area contributed by atoms with E-state index in [2.05, 4.69) is 26.3 Å². The summed E-state index contributed by atoms with van der Waals surface area (Å²) in [6.45, 7) is 0.595. The Bertz CT molecular complexity index is 553. The first-order chi connectivity index (χ1) is 8.60. The highest BCUT2D eigenvalue weighted by molar-refractivity contribution is 9.10. The number of halogens is 1. The fraction of sp³-hybridized carbons (Fsp3) is 0.250. The second-order valence-electron chi connectivity index (χ2n) is 3.89. The van der Waals surface area contributed by atoms with Crippen molar-refractivity contribution < 1.29 is 4.74 Å². The van der Waals surface area contributed by atoms with Crippen molar-refractivity contribution in [2.75, 3.05) is 18.2 Å². The Morgan fingerprint density at radius 1 is 1.44 bits per heavy atom. The maximum absolute atomic E-state index is 5.88. The van der Waals surface area contributed by atoms with E-state index in [1.165, 1.54) is 0 Å². The molecule has 2 aromatic rings. The summed E-state index contributed by atoms with van der Waals surface area (Å²) in [6, 6.07) is 7.59. The summed E-state index contributed by atoms with van der Waals surface area (Å²) < 4.78 is 7.84. The predicted molar refractivity (Wildman–Crippen MR) is 75.6 cm³/mol. The van der Waals surface area contributed by atoms with E-state index in [1.807, 2.05) is 31.3 Å². The summed E-state index contributed by atoms with van der Waals surface area (Å²) in [4.78, 5) is 0. The van der Waals surface area contributed by atoms with Crippen LogP contribution in [-0.2, 0) is 13.6 Å². The third kappa shape index (κ3) is 2.76. The van der Waals surface area contributed by atoms with Crippen molar-refractivity contribution in [1.82, 2.24) is 9.78 Å². The number of rotatable bonds is 4. The zero-order valence-electron chi connectivity index (χ0n) is 10.3. The van der Waals surface area contributed by atoms with Gasteiger partial charge in [-0.25, -0.2) is 4.68 Å². The molecule has 6 heteroatoms. The minimum absolute atomic E-state index is 0.595. The molecule has 1 heterocycles. The number of nitrogens with one attached hydrogen (secondary N) is 1.